The molecule has 1 N–H and O–H groups in total. The minimum Gasteiger partial charge on any atom is -0.481 e. The fourth-order valence-electron chi connectivity index (χ4n) is 4.91. The number of carboxylic acids is 1. The first-order chi connectivity index (χ1) is 18.6. The van der Waals surface area contributed by atoms with E-state index in [2.05, 4.69) is 9.88 Å². The van der Waals surface area contributed by atoms with Gasteiger partial charge in [-0.1, -0.05) is 6.07 Å². The predicted molar refractivity (Wildman–Crippen MR) is 150 cm³/mol. The summed E-state index contributed by atoms with van der Waals surface area (Å²) in [6.45, 7) is 11.1. The number of aryl methyl sites for hydroxylation is 1. The van der Waals surface area contributed by atoms with Gasteiger partial charge in [-0.3, -0.25) is 9.88 Å². The average molecular weight is 574 g/mol. The molecule has 1 unspecified atom stereocenters. The van der Waals surface area contributed by atoms with Gasteiger partial charge in [0.25, 0.3) is 0 Å². The van der Waals surface area contributed by atoms with E-state index in [1.165, 1.54) is 11.6 Å². The van der Waals surface area contributed by atoms with E-state index < -0.39 is 27.5 Å². The van der Waals surface area contributed by atoms with Gasteiger partial charge in [0.1, 0.15) is 16.2 Å². The van der Waals surface area contributed by atoms with E-state index in [-0.39, 0.29) is 28.3 Å². The lowest BCUT2D eigenvalue weighted by atomic mass is 10.1. The second-order valence-corrected chi connectivity index (χ2v) is 13.9. The number of carboxylic acid groups (broad SMARTS) is 1. The van der Waals surface area contributed by atoms with Crippen LogP contribution in [0.5, 0.6) is 5.75 Å². The maximum absolute atomic E-state index is 12.7. The predicted octanol–water partition coefficient (Wildman–Crippen LogP) is 4.43. The second kappa shape index (κ2) is 11.4. The van der Waals surface area contributed by atoms with Crippen LogP contribution in [0.2, 0.25) is 0 Å². The van der Waals surface area contributed by atoms with Crippen molar-refractivity contribution in [2.75, 3.05) is 32.4 Å². The number of carbonyl (C=O) groups is 2. The van der Waals surface area contributed by atoms with Crippen LogP contribution in [0.1, 0.15) is 79.7 Å². The topological polar surface area (TPSA) is 126 Å². The van der Waals surface area contributed by atoms with E-state index in [1.54, 1.807) is 11.8 Å². The van der Waals surface area contributed by atoms with Crippen LogP contribution in [-0.4, -0.2) is 84.4 Å². The first-order valence-electron chi connectivity index (χ1n) is 13.5. The summed E-state index contributed by atoms with van der Waals surface area (Å²) in [5, 5.41) is 9.56. The van der Waals surface area contributed by atoms with Crippen LogP contribution in [0.4, 0.5) is 4.79 Å². The molecule has 0 spiro atoms. The lowest BCUT2D eigenvalue weighted by molar-refractivity contribution is -0.00326. The number of aromatic carboxylic acids is 1. The number of hydrogen-bond acceptors (Lipinski definition) is 8. The third-order valence-corrected chi connectivity index (χ3v) is 8.26. The van der Waals surface area contributed by atoms with Crippen molar-refractivity contribution in [3.8, 4) is 5.75 Å². The van der Waals surface area contributed by atoms with Crippen molar-refractivity contribution in [2.24, 2.45) is 0 Å². The monoisotopic (exact) mass is 573 g/mol. The third kappa shape index (κ3) is 7.31. The summed E-state index contributed by atoms with van der Waals surface area (Å²) >= 11 is 0. The van der Waals surface area contributed by atoms with Crippen molar-refractivity contribution < 1.29 is 32.6 Å². The normalized spacial score (nSPS) is 19.2. The quantitative estimate of drug-likeness (QED) is 0.488. The third-order valence-electron chi connectivity index (χ3n) is 7.14. The number of carbonyl (C=O) groups excluding carboxylic acids is 1. The van der Waals surface area contributed by atoms with Crippen LogP contribution >= 0.6 is 0 Å². The van der Waals surface area contributed by atoms with Crippen molar-refractivity contribution in [3.05, 3.63) is 52.8 Å². The number of rotatable bonds is 8. The van der Waals surface area contributed by atoms with Crippen LogP contribution in [-0.2, 0) is 14.6 Å². The smallest absolute Gasteiger partial charge is 0.410 e. The summed E-state index contributed by atoms with van der Waals surface area (Å²) in [6.07, 6.45) is 4.19. The average Bonchev–Trinajstić information content (AvgIpc) is 3.67. The Balaban J connectivity index is 1.61. The van der Waals surface area contributed by atoms with Gasteiger partial charge in [-0.25, -0.2) is 18.0 Å². The lowest BCUT2D eigenvalue weighted by Gasteiger charge is -2.41. The molecule has 10 nitrogen and oxygen atoms in total. The molecule has 1 aliphatic carbocycles. The molecular formula is C29H39N3O7S. The number of ether oxygens (including phenoxy) is 2. The SMILES string of the molecule is Cc1cc(OC(CN2CCN(C(=O)OC(C)(C)C)[C@H](C)C2)c2ccc(C3CC3)cn2)c(S(C)(=O)=O)cc1C(=O)O. The summed E-state index contributed by atoms with van der Waals surface area (Å²) in [4.78, 5) is 32.8. The Kier molecular flexibility index (Phi) is 8.46. The van der Waals surface area contributed by atoms with Crippen LogP contribution in [0.3, 0.4) is 0 Å². The number of benzene rings is 1. The Labute approximate surface area is 236 Å². The number of hydrogen-bond donors (Lipinski definition) is 1. The van der Waals surface area contributed by atoms with Gasteiger partial charge in [0.2, 0.25) is 0 Å². The highest BCUT2D eigenvalue weighted by Gasteiger charge is 2.33. The van der Waals surface area contributed by atoms with Crippen molar-refractivity contribution in [1.82, 2.24) is 14.8 Å². The number of sulfone groups is 1. The Morgan fingerprint density at radius 1 is 1.18 bits per heavy atom. The molecule has 1 aromatic heterocycles. The molecule has 1 aliphatic heterocycles. The summed E-state index contributed by atoms with van der Waals surface area (Å²) in [6, 6.07) is 6.46. The minimum absolute atomic E-state index is 0.0866. The molecule has 2 aliphatic rings. The van der Waals surface area contributed by atoms with Gasteiger partial charge in [-0.15, -0.1) is 0 Å². The molecule has 11 heteroatoms. The zero-order valence-electron chi connectivity index (χ0n) is 24.0. The molecule has 2 fully saturated rings. The largest absolute Gasteiger partial charge is 0.481 e. The van der Waals surface area contributed by atoms with Gasteiger partial charge in [-0.05, 0) is 82.7 Å². The molecular weight excluding hydrogens is 534 g/mol. The highest BCUT2D eigenvalue weighted by Crippen LogP contribution is 2.40. The van der Waals surface area contributed by atoms with Crippen LogP contribution < -0.4 is 4.74 Å². The number of amides is 1. The molecule has 1 saturated carbocycles. The van der Waals surface area contributed by atoms with Crippen molar-refractivity contribution in [1.29, 1.82) is 0 Å². The molecule has 1 amide bonds. The van der Waals surface area contributed by atoms with E-state index in [0.717, 1.165) is 25.2 Å². The van der Waals surface area contributed by atoms with Gasteiger partial charge >= 0.3 is 12.1 Å². The molecule has 0 bridgehead atoms. The maximum Gasteiger partial charge on any atom is 0.410 e. The Morgan fingerprint density at radius 3 is 2.40 bits per heavy atom. The molecule has 1 saturated heterocycles. The number of nitrogens with zero attached hydrogens (tertiary/aromatic N) is 3. The first kappa shape index (κ1) is 29.8. The Morgan fingerprint density at radius 2 is 1.88 bits per heavy atom. The van der Waals surface area contributed by atoms with E-state index in [9.17, 15) is 23.1 Å². The van der Waals surface area contributed by atoms with Gasteiger partial charge in [0.05, 0.1) is 11.3 Å². The molecule has 218 valence electrons. The molecule has 4 rings (SSSR count). The number of pyridine rings is 1. The zero-order valence-corrected chi connectivity index (χ0v) is 24.8. The summed E-state index contributed by atoms with van der Waals surface area (Å²) in [5.74, 6) is -0.589. The number of aromatic nitrogens is 1. The molecule has 2 atom stereocenters. The van der Waals surface area contributed by atoms with Crippen LogP contribution in [0, 0.1) is 6.92 Å². The lowest BCUT2D eigenvalue weighted by Crippen LogP contribution is -2.55. The van der Waals surface area contributed by atoms with Gasteiger partial charge in [0, 0.05) is 44.7 Å². The Bertz CT molecular complexity index is 1370. The summed E-state index contributed by atoms with van der Waals surface area (Å²) in [7, 11) is -3.80. The minimum atomic E-state index is -3.80. The second-order valence-electron chi connectivity index (χ2n) is 11.9. The van der Waals surface area contributed by atoms with Crippen LogP contribution in [0.25, 0.3) is 0 Å². The molecule has 40 heavy (non-hydrogen) atoms. The molecule has 2 aromatic rings. The first-order valence-corrected chi connectivity index (χ1v) is 15.4. The van der Waals surface area contributed by atoms with Crippen LogP contribution in [0.15, 0.2) is 35.4 Å². The summed E-state index contributed by atoms with van der Waals surface area (Å²) in [5.41, 5.74) is 1.52. The van der Waals surface area contributed by atoms with Gasteiger partial charge in [-0.2, -0.15) is 0 Å². The van der Waals surface area contributed by atoms with Gasteiger partial charge < -0.3 is 19.5 Å². The van der Waals surface area contributed by atoms with E-state index >= 15 is 0 Å². The molecule has 2 heterocycles. The maximum atomic E-state index is 12.7. The van der Waals surface area contributed by atoms with E-state index in [4.69, 9.17) is 9.47 Å². The van der Waals surface area contributed by atoms with Crippen molar-refractivity contribution in [2.45, 2.75) is 76.0 Å². The Hall–Kier alpha value is -3.18. The highest BCUT2D eigenvalue weighted by molar-refractivity contribution is 7.90. The van der Waals surface area contributed by atoms with E-state index in [0.29, 0.717) is 43.4 Å². The highest BCUT2D eigenvalue weighted by atomic mass is 32.2. The fraction of sp³-hybridized carbons (Fsp3) is 0.552. The van der Waals surface area contributed by atoms with Gasteiger partial charge in [0.15, 0.2) is 15.9 Å². The zero-order chi connectivity index (χ0) is 29.4. The fourth-order valence-corrected chi connectivity index (χ4v) is 5.71. The molecule has 0 radical (unpaired) electrons. The van der Waals surface area contributed by atoms with Crippen molar-refractivity contribution in [3.63, 3.8) is 0 Å². The summed E-state index contributed by atoms with van der Waals surface area (Å²) < 4.78 is 37.3. The number of piperazine rings is 1. The van der Waals surface area contributed by atoms with Crippen molar-refractivity contribution >= 4 is 21.9 Å². The van der Waals surface area contributed by atoms with E-state index in [1.807, 2.05) is 46.0 Å². The standard InChI is InChI=1S/C29H39N3O7S/c1-18-13-24(26(40(6,36)37)14-22(18)27(33)34)38-25(23-10-9-21(15-30-23)20-7-8-20)17-31-11-12-32(19(2)16-31)28(35)39-29(3,4)5/h9-10,13-15,19-20,25H,7-8,11-12,16-17H2,1-6H3,(H,33,34)/t19-,25?/m1/s1. The molecule has 1 aromatic carbocycles.